The van der Waals surface area contributed by atoms with Crippen LogP contribution in [0.3, 0.4) is 0 Å². The van der Waals surface area contributed by atoms with Crippen molar-refractivity contribution >= 4 is 23.0 Å². The first-order valence-electron chi connectivity index (χ1n) is 7.28. The second kappa shape index (κ2) is 7.86. The topological polar surface area (TPSA) is 145 Å². The van der Waals surface area contributed by atoms with Gasteiger partial charge in [0.25, 0.3) is 11.6 Å². The fraction of sp³-hybridized carbons (Fsp3) is 0.333. The van der Waals surface area contributed by atoms with Gasteiger partial charge in [-0.3, -0.25) is 20.3 Å². The third-order valence-corrected chi connectivity index (χ3v) is 3.62. The van der Waals surface area contributed by atoms with Crippen LogP contribution < -0.4 is 5.43 Å². The van der Waals surface area contributed by atoms with E-state index in [9.17, 15) is 14.9 Å². The largest absolute Gasteiger partial charge is 0.378 e. The summed E-state index contributed by atoms with van der Waals surface area (Å²) in [7, 11) is 0. The zero-order chi connectivity index (χ0) is 18.4. The van der Waals surface area contributed by atoms with Crippen LogP contribution in [0.4, 0.5) is 11.4 Å². The molecule has 10 heteroatoms. The van der Waals surface area contributed by atoms with Gasteiger partial charge >= 0.3 is 0 Å². The number of nitrogens with one attached hydrogen (secondary N) is 1. The van der Waals surface area contributed by atoms with Crippen molar-refractivity contribution in [3.05, 3.63) is 33.4 Å². The molecule has 1 aliphatic rings. The number of nitro groups is 1. The van der Waals surface area contributed by atoms with Crippen molar-refractivity contribution in [2.75, 3.05) is 31.7 Å². The second-order valence-electron chi connectivity index (χ2n) is 5.13. The van der Waals surface area contributed by atoms with Crippen molar-refractivity contribution in [1.82, 2.24) is 4.90 Å². The highest BCUT2D eigenvalue weighted by Crippen LogP contribution is 2.28. The molecule has 128 valence electrons. The molecule has 25 heavy (non-hydrogen) atoms. The molecule has 1 aromatic rings. The number of carbonyl (C=O) groups is 1. The SMILES string of the molecule is Cc1c(NN=C(C#N)C#N)cc(C(=O)N2CCOCC2)cc1[N+](=O)[O-]. The first kappa shape index (κ1) is 17.8. The number of amides is 1. The Morgan fingerprint density at radius 2 is 2.00 bits per heavy atom. The number of ether oxygens (including phenoxy) is 1. The predicted molar refractivity (Wildman–Crippen MR) is 86.8 cm³/mol. The fourth-order valence-corrected chi connectivity index (χ4v) is 2.27. The number of nitrogens with zero attached hydrogens (tertiary/aromatic N) is 5. The molecule has 10 nitrogen and oxygen atoms in total. The standard InChI is InChI=1S/C15H14N6O4/c1-10-13(19-18-12(8-16)9-17)6-11(7-14(10)21(23)24)15(22)20-2-4-25-5-3-20/h6-7,19H,2-5H2,1H3. The Labute approximate surface area is 143 Å². The van der Waals surface area contributed by atoms with Gasteiger partial charge in [0.05, 0.1) is 29.4 Å². The number of hydrogen-bond acceptors (Lipinski definition) is 8. The summed E-state index contributed by atoms with van der Waals surface area (Å²) in [5, 5.41) is 32.3. The minimum atomic E-state index is -0.601. The Kier molecular flexibility index (Phi) is 5.61. The van der Waals surface area contributed by atoms with Gasteiger partial charge in [0, 0.05) is 24.7 Å². The molecule has 0 bridgehead atoms. The van der Waals surface area contributed by atoms with Gasteiger partial charge in [-0.2, -0.15) is 15.6 Å². The van der Waals surface area contributed by atoms with E-state index in [-0.39, 0.29) is 28.4 Å². The Morgan fingerprint density at radius 1 is 1.36 bits per heavy atom. The van der Waals surface area contributed by atoms with E-state index in [4.69, 9.17) is 15.3 Å². The van der Waals surface area contributed by atoms with Crippen molar-refractivity contribution in [3.63, 3.8) is 0 Å². The van der Waals surface area contributed by atoms with Gasteiger partial charge in [0.15, 0.2) is 0 Å². The lowest BCUT2D eigenvalue weighted by Crippen LogP contribution is -2.40. The van der Waals surface area contributed by atoms with Crippen molar-refractivity contribution in [1.29, 1.82) is 10.5 Å². The molecule has 0 aliphatic carbocycles. The third-order valence-electron chi connectivity index (χ3n) is 3.62. The third kappa shape index (κ3) is 4.07. The second-order valence-corrected chi connectivity index (χ2v) is 5.13. The number of rotatable bonds is 4. The lowest BCUT2D eigenvalue weighted by atomic mass is 10.1. The van der Waals surface area contributed by atoms with Gasteiger partial charge in [-0.1, -0.05) is 0 Å². The molecule has 1 heterocycles. The maximum Gasteiger partial charge on any atom is 0.275 e. The van der Waals surface area contributed by atoms with Crippen LogP contribution in [0.25, 0.3) is 0 Å². The van der Waals surface area contributed by atoms with Crippen LogP contribution in [0.5, 0.6) is 0 Å². The van der Waals surface area contributed by atoms with E-state index in [2.05, 4.69) is 10.5 Å². The van der Waals surface area contributed by atoms with Crippen LogP contribution >= 0.6 is 0 Å². The van der Waals surface area contributed by atoms with Crippen molar-refractivity contribution < 1.29 is 14.5 Å². The molecular weight excluding hydrogens is 328 g/mol. The lowest BCUT2D eigenvalue weighted by Gasteiger charge is -2.27. The number of benzene rings is 1. The minimum Gasteiger partial charge on any atom is -0.378 e. The quantitative estimate of drug-likeness (QED) is 0.491. The molecule has 1 saturated heterocycles. The minimum absolute atomic E-state index is 0.118. The molecule has 1 amide bonds. The molecule has 0 aromatic heterocycles. The van der Waals surface area contributed by atoms with E-state index >= 15 is 0 Å². The van der Waals surface area contributed by atoms with Crippen molar-refractivity contribution in [2.24, 2.45) is 5.10 Å². The number of nitro benzene ring substituents is 1. The molecule has 1 aliphatic heterocycles. The summed E-state index contributed by atoms with van der Waals surface area (Å²) in [4.78, 5) is 24.8. The maximum atomic E-state index is 12.6. The highest BCUT2D eigenvalue weighted by molar-refractivity contribution is 6.10. The van der Waals surface area contributed by atoms with Crippen molar-refractivity contribution in [3.8, 4) is 12.1 Å². The Hall–Kier alpha value is -3.50. The summed E-state index contributed by atoms with van der Waals surface area (Å²) in [5.41, 5.74) is 2.29. The molecule has 0 saturated carbocycles. The summed E-state index contributed by atoms with van der Waals surface area (Å²) >= 11 is 0. The van der Waals surface area contributed by atoms with Crippen LogP contribution in [0, 0.1) is 39.7 Å². The maximum absolute atomic E-state index is 12.6. The number of morpholine rings is 1. The van der Waals surface area contributed by atoms with Crippen molar-refractivity contribution in [2.45, 2.75) is 6.92 Å². The first-order chi connectivity index (χ1) is 12.0. The van der Waals surface area contributed by atoms with Crippen LogP contribution in [0.2, 0.25) is 0 Å². The molecule has 1 N–H and O–H groups in total. The van der Waals surface area contributed by atoms with E-state index in [0.717, 1.165) is 0 Å². The molecule has 0 unspecified atom stereocenters. The zero-order valence-electron chi connectivity index (χ0n) is 13.4. The molecular formula is C15H14N6O4. The van der Waals surface area contributed by atoms with Gasteiger partial charge < -0.3 is 9.64 Å². The van der Waals surface area contributed by atoms with Crippen LogP contribution in [0.15, 0.2) is 17.2 Å². The zero-order valence-corrected chi connectivity index (χ0v) is 13.4. The van der Waals surface area contributed by atoms with Gasteiger partial charge in [0.2, 0.25) is 5.71 Å². The number of nitriles is 2. The number of carbonyl (C=O) groups excluding carboxylic acids is 1. The number of hydrazone groups is 1. The van der Waals surface area contributed by atoms with E-state index in [1.807, 2.05) is 0 Å². The smallest absolute Gasteiger partial charge is 0.275 e. The highest BCUT2D eigenvalue weighted by atomic mass is 16.6. The average molecular weight is 342 g/mol. The van der Waals surface area contributed by atoms with E-state index < -0.39 is 10.6 Å². The van der Waals surface area contributed by atoms with Gasteiger partial charge in [-0.05, 0) is 13.0 Å². The molecule has 0 radical (unpaired) electrons. The van der Waals surface area contributed by atoms with E-state index in [1.54, 1.807) is 17.0 Å². The first-order valence-corrected chi connectivity index (χ1v) is 7.28. The predicted octanol–water partition coefficient (Wildman–Crippen LogP) is 1.19. The number of hydrogen-bond donors (Lipinski definition) is 1. The number of anilines is 1. The fourth-order valence-electron chi connectivity index (χ4n) is 2.27. The molecule has 0 atom stereocenters. The van der Waals surface area contributed by atoms with Gasteiger partial charge in [0.1, 0.15) is 12.1 Å². The van der Waals surface area contributed by atoms with Gasteiger partial charge in [-0.25, -0.2) is 0 Å². The normalized spacial score (nSPS) is 13.3. The lowest BCUT2D eigenvalue weighted by molar-refractivity contribution is -0.385. The summed E-state index contributed by atoms with van der Waals surface area (Å²) in [6.07, 6.45) is 0. The van der Waals surface area contributed by atoms with Crippen LogP contribution in [0.1, 0.15) is 15.9 Å². The summed E-state index contributed by atoms with van der Waals surface area (Å²) in [5.74, 6) is -0.362. The monoisotopic (exact) mass is 342 g/mol. The molecule has 1 fully saturated rings. The molecule has 0 spiro atoms. The van der Waals surface area contributed by atoms with Crippen LogP contribution in [-0.2, 0) is 4.74 Å². The Bertz CT molecular complexity index is 799. The van der Waals surface area contributed by atoms with Gasteiger partial charge in [-0.15, -0.1) is 0 Å². The van der Waals surface area contributed by atoms with E-state index in [0.29, 0.717) is 26.3 Å². The Morgan fingerprint density at radius 3 is 2.56 bits per heavy atom. The average Bonchev–Trinajstić information content (AvgIpc) is 2.63. The highest BCUT2D eigenvalue weighted by Gasteiger charge is 2.24. The summed E-state index contributed by atoms with van der Waals surface area (Å²) < 4.78 is 5.19. The Balaban J connectivity index is 2.42. The van der Waals surface area contributed by atoms with E-state index in [1.165, 1.54) is 19.1 Å². The molecule has 1 aromatic carbocycles. The van der Waals surface area contributed by atoms with Crippen LogP contribution in [-0.4, -0.2) is 47.7 Å². The summed E-state index contributed by atoms with van der Waals surface area (Å²) in [6.45, 7) is 3.09. The molecule has 2 rings (SSSR count). The summed E-state index contributed by atoms with van der Waals surface area (Å²) in [6, 6.07) is 5.76.